The van der Waals surface area contributed by atoms with E-state index in [1.165, 1.54) is 16.8 Å². The molecule has 13 heavy (non-hydrogen) atoms. The highest BCUT2D eigenvalue weighted by Crippen LogP contribution is 1.93. The molecule has 0 aromatic carbocycles. The molecule has 0 amide bonds. The van der Waals surface area contributed by atoms with E-state index in [1.807, 2.05) is 0 Å². The van der Waals surface area contributed by atoms with Crippen molar-refractivity contribution in [2.24, 2.45) is 0 Å². The molecule has 72 valence electrons. The maximum atomic E-state index is 11.1. The zero-order chi connectivity index (χ0) is 9.68. The Bertz CT molecular complexity index is 369. The lowest BCUT2D eigenvalue weighted by Crippen LogP contribution is -2.28. The van der Waals surface area contributed by atoms with Gasteiger partial charge in [-0.1, -0.05) is 0 Å². The van der Waals surface area contributed by atoms with Crippen LogP contribution in [0.25, 0.3) is 0 Å². The van der Waals surface area contributed by atoms with E-state index in [4.69, 9.17) is 11.6 Å². The van der Waals surface area contributed by atoms with Gasteiger partial charge in [-0.2, -0.15) is 0 Å². The number of aromatic nitrogens is 2. The van der Waals surface area contributed by atoms with Crippen molar-refractivity contribution in [3.63, 3.8) is 0 Å². The van der Waals surface area contributed by atoms with Crippen molar-refractivity contribution in [3.8, 4) is 0 Å². The monoisotopic (exact) mass is 202 g/mol. The topological polar surface area (TPSA) is 54.9 Å². The minimum atomic E-state index is -0.362. The highest BCUT2D eigenvalue weighted by Gasteiger charge is 1.94. The summed E-state index contributed by atoms with van der Waals surface area (Å²) in [6.07, 6.45) is 3.21. The van der Waals surface area contributed by atoms with Gasteiger partial charge in [-0.3, -0.25) is 9.78 Å². The first-order chi connectivity index (χ1) is 6.24. The van der Waals surface area contributed by atoms with Crippen LogP contribution < -0.4 is 11.2 Å². The number of hydrogen-bond donors (Lipinski definition) is 1. The first-order valence-corrected chi connectivity index (χ1v) is 4.63. The maximum absolute atomic E-state index is 11.1. The Hall–Kier alpha value is -1.03. The molecule has 0 unspecified atom stereocenters. The predicted octanol–water partition coefficient (Wildman–Crippen LogP) is 0.556. The first kappa shape index (κ1) is 10.1. The van der Waals surface area contributed by atoms with Crippen LogP contribution in [0, 0.1) is 0 Å². The van der Waals surface area contributed by atoms with E-state index in [0.29, 0.717) is 12.4 Å². The average molecular weight is 203 g/mol. The Morgan fingerprint density at radius 1 is 1.38 bits per heavy atom. The number of halogens is 1. The number of alkyl halides is 1. The molecule has 1 rings (SSSR count). The SMILES string of the molecule is O=c1ccn(CCCCCl)c(=O)[nH]1. The van der Waals surface area contributed by atoms with Crippen LogP contribution in [0.4, 0.5) is 0 Å². The van der Waals surface area contributed by atoms with Crippen LogP contribution in [0.15, 0.2) is 21.9 Å². The standard InChI is InChI=1S/C8H11ClN2O2/c9-4-1-2-5-11-6-3-7(12)10-8(11)13/h3,6H,1-2,4-5H2,(H,10,12,13). The summed E-state index contributed by atoms with van der Waals surface area (Å²) in [5, 5.41) is 0. The Kier molecular flexibility index (Phi) is 3.76. The van der Waals surface area contributed by atoms with Gasteiger partial charge in [0.05, 0.1) is 0 Å². The fourth-order valence-corrected chi connectivity index (χ4v) is 1.19. The second-order valence-electron chi connectivity index (χ2n) is 2.70. The van der Waals surface area contributed by atoms with Crippen molar-refractivity contribution in [2.75, 3.05) is 5.88 Å². The summed E-state index contributed by atoms with van der Waals surface area (Å²) < 4.78 is 1.47. The van der Waals surface area contributed by atoms with E-state index in [1.54, 1.807) is 0 Å². The second kappa shape index (κ2) is 4.87. The lowest BCUT2D eigenvalue weighted by molar-refractivity contribution is 0.598. The van der Waals surface area contributed by atoms with Crippen LogP contribution in [0.2, 0.25) is 0 Å². The summed E-state index contributed by atoms with van der Waals surface area (Å²) >= 11 is 5.49. The third kappa shape index (κ3) is 3.06. The van der Waals surface area contributed by atoms with Gasteiger partial charge in [0.15, 0.2) is 0 Å². The van der Waals surface area contributed by atoms with E-state index in [0.717, 1.165) is 12.8 Å². The van der Waals surface area contributed by atoms with Gasteiger partial charge in [-0.25, -0.2) is 4.79 Å². The Morgan fingerprint density at radius 3 is 2.77 bits per heavy atom. The molecule has 1 aromatic heterocycles. The summed E-state index contributed by atoms with van der Waals surface area (Å²) in [6.45, 7) is 0.600. The number of unbranched alkanes of at least 4 members (excludes halogenated alkanes) is 1. The molecule has 0 fully saturated rings. The molecule has 0 saturated heterocycles. The van der Waals surface area contributed by atoms with Crippen LogP contribution in [-0.4, -0.2) is 15.4 Å². The molecule has 0 saturated carbocycles. The minimum absolute atomic E-state index is 0.359. The summed E-state index contributed by atoms with van der Waals surface area (Å²) in [4.78, 5) is 24.0. The maximum Gasteiger partial charge on any atom is 0.328 e. The Balaban J connectivity index is 2.67. The van der Waals surface area contributed by atoms with Crippen LogP contribution in [-0.2, 0) is 6.54 Å². The van der Waals surface area contributed by atoms with E-state index in [2.05, 4.69) is 4.98 Å². The molecule has 0 radical (unpaired) electrons. The van der Waals surface area contributed by atoms with Gasteiger partial charge in [-0.05, 0) is 12.8 Å². The molecule has 5 heteroatoms. The molecule has 0 bridgehead atoms. The number of aromatic amines is 1. The fraction of sp³-hybridized carbons (Fsp3) is 0.500. The van der Waals surface area contributed by atoms with Gasteiger partial charge in [0.1, 0.15) is 0 Å². The van der Waals surface area contributed by atoms with Crippen molar-refractivity contribution in [1.29, 1.82) is 0 Å². The van der Waals surface area contributed by atoms with Crippen molar-refractivity contribution in [2.45, 2.75) is 19.4 Å². The van der Waals surface area contributed by atoms with Gasteiger partial charge in [0.2, 0.25) is 0 Å². The summed E-state index contributed by atoms with van der Waals surface area (Å²) in [6, 6.07) is 1.34. The number of aryl methyl sites for hydroxylation is 1. The van der Waals surface area contributed by atoms with Crippen LogP contribution in [0.5, 0.6) is 0 Å². The molecule has 0 spiro atoms. The van der Waals surface area contributed by atoms with E-state index < -0.39 is 0 Å². The van der Waals surface area contributed by atoms with Crippen molar-refractivity contribution in [3.05, 3.63) is 33.1 Å². The highest BCUT2D eigenvalue weighted by molar-refractivity contribution is 6.17. The first-order valence-electron chi connectivity index (χ1n) is 4.10. The van der Waals surface area contributed by atoms with E-state index in [-0.39, 0.29) is 11.2 Å². The molecule has 1 aromatic rings. The predicted molar refractivity (Wildman–Crippen MR) is 51.3 cm³/mol. The van der Waals surface area contributed by atoms with Crippen molar-refractivity contribution < 1.29 is 0 Å². The van der Waals surface area contributed by atoms with Crippen molar-refractivity contribution in [1.82, 2.24) is 9.55 Å². The van der Waals surface area contributed by atoms with Gasteiger partial charge < -0.3 is 4.57 Å². The van der Waals surface area contributed by atoms with E-state index >= 15 is 0 Å². The fourth-order valence-electron chi connectivity index (χ4n) is 0.997. The highest BCUT2D eigenvalue weighted by atomic mass is 35.5. The molecule has 0 aliphatic rings. The van der Waals surface area contributed by atoms with Crippen LogP contribution in [0.1, 0.15) is 12.8 Å². The largest absolute Gasteiger partial charge is 0.328 e. The number of nitrogens with zero attached hydrogens (tertiary/aromatic N) is 1. The molecule has 0 aliphatic heterocycles. The lowest BCUT2D eigenvalue weighted by Gasteiger charge is -2.01. The molecule has 0 atom stereocenters. The van der Waals surface area contributed by atoms with Crippen molar-refractivity contribution >= 4 is 11.6 Å². The summed E-state index contributed by atoms with van der Waals surface area (Å²) in [5.74, 6) is 0.595. The van der Waals surface area contributed by atoms with Gasteiger partial charge in [0.25, 0.3) is 5.56 Å². The Labute approximate surface area is 80.2 Å². The number of nitrogens with one attached hydrogen (secondary N) is 1. The Morgan fingerprint density at radius 2 is 2.15 bits per heavy atom. The summed E-state index contributed by atoms with van der Waals surface area (Å²) in [5.41, 5.74) is -0.722. The van der Waals surface area contributed by atoms with Gasteiger partial charge in [0, 0.05) is 24.7 Å². The molecular formula is C8H11ClN2O2. The molecule has 4 nitrogen and oxygen atoms in total. The third-order valence-electron chi connectivity index (χ3n) is 1.68. The van der Waals surface area contributed by atoms with Gasteiger partial charge >= 0.3 is 5.69 Å². The van der Waals surface area contributed by atoms with Crippen LogP contribution in [0.3, 0.4) is 0 Å². The minimum Gasteiger partial charge on any atom is -0.301 e. The quantitative estimate of drug-likeness (QED) is 0.573. The second-order valence-corrected chi connectivity index (χ2v) is 3.08. The molecule has 1 heterocycles. The molecule has 0 aliphatic carbocycles. The number of rotatable bonds is 4. The summed E-state index contributed by atoms with van der Waals surface area (Å²) in [7, 11) is 0. The molecular weight excluding hydrogens is 192 g/mol. The third-order valence-corrected chi connectivity index (χ3v) is 1.95. The zero-order valence-corrected chi connectivity index (χ0v) is 7.88. The number of hydrogen-bond acceptors (Lipinski definition) is 2. The van der Waals surface area contributed by atoms with Crippen LogP contribution >= 0.6 is 11.6 Å². The van der Waals surface area contributed by atoms with E-state index in [9.17, 15) is 9.59 Å². The zero-order valence-electron chi connectivity index (χ0n) is 7.12. The lowest BCUT2D eigenvalue weighted by atomic mass is 10.3. The molecule has 1 N–H and O–H groups in total. The number of H-pyrrole nitrogens is 1. The average Bonchev–Trinajstić information content (AvgIpc) is 2.09. The smallest absolute Gasteiger partial charge is 0.301 e. The normalized spacial score (nSPS) is 10.2. The van der Waals surface area contributed by atoms with Gasteiger partial charge in [-0.15, -0.1) is 11.6 Å².